The first-order chi connectivity index (χ1) is 8.72. The van der Waals surface area contributed by atoms with Crippen molar-refractivity contribution < 1.29 is 9.53 Å². The number of ether oxygens (including phenoxy) is 1. The van der Waals surface area contributed by atoms with Gasteiger partial charge >= 0.3 is 0 Å². The summed E-state index contributed by atoms with van der Waals surface area (Å²) in [6.45, 7) is 2.04. The molecule has 0 fully saturated rings. The van der Waals surface area contributed by atoms with E-state index in [1.54, 1.807) is 0 Å². The van der Waals surface area contributed by atoms with Crippen molar-refractivity contribution in [3.63, 3.8) is 0 Å². The molecule has 104 valence electrons. The Bertz CT molecular complexity index is 267. The zero-order valence-corrected chi connectivity index (χ0v) is 10.5. The molecule has 0 aromatic rings. The minimum atomic E-state index is -0.486. The topological polar surface area (TPSA) is 139 Å². The number of hydrogen-bond donors (Lipinski definition) is 3. The van der Waals surface area contributed by atoms with Crippen molar-refractivity contribution in [3.05, 3.63) is 10.4 Å². The number of carbonyl (C=O) groups excluding carboxylic acids is 1. The van der Waals surface area contributed by atoms with Gasteiger partial charge in [-0.3, -0.25) is 4.79 Å². The third-order valence-electron chi connectivity index (χ3n) is 2.25. The summed E-state index contributed by atoms with van der Waals surface area (Å²) in [5.41, 5.74) is 19.1. The van der Waals surface area contributed by atoms with Gasteiger partial charge in [0.2, 0.25) is 5.91 Å². The van der Waals surface area contributed by atoms with E-state index in [0.29, 0.717) is 39.3 Å². The Morgan fingerprint density at radius 1 is 1.44 bits per heavy atom. The van der Waals surface area contributed by atoms with Gasteiger partial charge in [0.25, 0.3) is 0 Å². The number of carbonyl (C=O) groups is 1. The number of rotatable bonds is 11. The van der Waals surface area contributed by atoms with Crippen LogP contribution in [-0.4, -0.2) is 44.8 Å². The molecule has 0 aromatic heterocycles. The first-order valence-corrected chi connectivity index (χ1v) is 6.04. The summed E-state index contributed by atoms with van der Waals surface area (Å²) in [4.78, 5) is 14.1. The molecule has 0 unspecified atom stereocenters. The summed E-state index contributed by atoms with van der Waals surface area (Å²) in [6.07, 6.45) is 2.37. The average molecular weight is 258 g/mol. The van der Waals surface area contributed by atoms with Gasteiger partial charge < -0.3 is 21.5 Å². The van der Waals surface area contributed by atoms with Crippen LogP contribution in [0.15, 0.2) is 5.11 Å². The van der Waals surface area contributed by atoms with E-state index in [2.05, 4.69) is 15.3 Å². The second kappa shape index (κ2) is 12.1. The molecule has 0 spiro atoms. The molecule has 8 heteroatoms. The van der Waals surface area contributed by atoms with Gasteiger partial charge in [0.05, 0.1) is 19.3 Å². The first-order valence-electron chi connectivity index (χ1n) is 6.04. The highest BCUT2D eigenvalue weighted by molar-refractivity contribution is 5.81. The largest absolute Gasteiger partial charge is 0.379 e. The fraction of sp³-hybridized carbons (Fsp3) is 0.900. The van der Waals surface area contributed by atoms with Crippen molar-refractivity contribution in [2.45, 2.75) is 25.3 Å². The van der Waals surface area contributed by atoms with Gasteiger partial charge in [-0.15, -0.1) is 0 Å². The van der Waals surface area contributed by atoms with Crippen molar-refractivity contribution in [3.8, 4) is 0 Å². The van der Waals surface area contributed by atoms with Crippen molar-refractivity contribution in [1.29, 1.82) is 0 Å². The van der Waals surface area contributed by atoms with E-state index in [1.165, 1.54) is 0 Å². The van der Waals surface area contributed by atoms with E-state index in [4.69, 9.17) is 21.7 Å². The van der Waals surface area contributed by atoms with Gasteiger partial charge in [0, 0.05) is 18.0 Å². The Balaban J connectivity index is 3.42. The summed E-state index contributed by atoms with van der Waals surface area (Å²) in [7, 11) is 0. The van der Waals surface area contributed by atoms with Crippen LogP contribution >= 0.6 is 0 Å². The third kappa shape index (κ3) is 9.86. The summed E-state index contributed by atoms with van der Waals surface area (Å²) in [6, 6.07) is -0.486. The zero-order valence-electron chi connectivity index (χ0n) is 10.5. The Labute approximate surface area is 107 Å². The SMILES string of the molecule is [N-]=[N+]=NCCOCCNC(=O)[C@@H](N)CCCCN. The fourth-order valence-electron chi connectivity index (χ4n) is 1.27. The summed E-state index contributed by atoms with van der Waals surface area (Å²) in [5.74, 6) is -0.175. The fourth-order valence-corrected chi connectivity index (χ4v) is 1.27. The molecular weight excluding hydrogens is 236 g/mol. The highest BCUT2D eigenvalue weighted by Gasteiger charge is 2.11. The average Bonchev–Trinajstić information content (AvgIpc) is 2.37. The predicted octanol–water partition coefficient (Wildman–Crippen LogP) is -0.114. The van der Waals surface area contributed by atoms with Crippen LogP contribution in [0.1, 0.15) is 19.3 Å². The maximum Gasteiger partial charge on any atom is 0.236 e. The lowest BCUT2D eigenvalue weighted by molar-refractivity contribution is -0.122. The Morgan fingerprint density at radius 2 is 2.22 bits per heavy atom. The zero-order chi connectivity index (χ0) is 13.6. The van der Waals surface area contributed by atoms with Gasteiger partial charge in [-0.05, 0) is 24.9 Å². The number of nitrogens with zero attached hydrogens (tertiary/aromatic N) is 3. The van der Waals surface area contributed by atoms with Crippen molar-refractivity contribution in [2.75, 3.05) is 32.8 Å². The standard InChI is InChI=1S/C10H22N6O2/c11-4-2-1-3-9(12)10(17)14-5-7-18-8-6-15-16-13/h9H,1-8,11-12H2,(H,14,17)/t9-/m0/s1. The van der Waals surface area contributed by atoms with Gasteiger partial charge in [0.1, 0.15) is 0 Å². The van der Waals surface area contributed by atoms with E-state index in [1.807, 2.05) is 0 Å². The maximum absolute atomic E-state index is 11.5. The summed E-state index contributed by atoms with van der Waals surface area (Å²) < 4.78 is 5.13. The normalized spacial score (nSPS) is 11.7. The van der Waals surface area contributed by atoms with Crippen LogP contribution in [0.3, 0.4) is 0 Å². The van der Waals surface area contributed by atoms with E-state index in [9.17, 15) is 4.79 Å². The van der Waals surface area contributed by atoms with E-state index < -0.39 is 6.04 Å². The van der Waals surface area contributed by atoms with Crippen LogP contribution in [0.2, 0.25) is 0 Å². The Morgan fingerprint density at radius 3 is 2.89 bits per heavy atom. The van der Waals surface area contributed by atoms with Crippen LogP contribution in [0.5, 0.6) is 0 Å². The van der Waals surface area contributed by atoms with Crippen LogP contribution in [0.4, 0.5) is 0 Å². The monoisotopic (exact) mass is 258 g/mol. The molecule has 1 atom stereocenters. The Hall–Kier alpha value is -1.34. The molecule has 5 N–H and O–H groups in total. The second-order valence-corrected chi connectivity index (χ2v) is 3.75. The van der Waals surface area contributed by atoms with E-state index in [-0.39, 0.29) is 5.91 Å². The van der Waals surface area contributed by atoms with E-state index >= 15 is 0 Å². The van der Waals surface area contributed by atoms with Crippen molar-refractivity contribution in [2.24, 2.45) is 16.6 Å². The van der Waals surface area contributed by atoms with Gasteiger partial charge in [-0.2, -0.15) is 0 Å². The lowest BCUT2D eigenvalue weighted by Crippen LogP contribution is -2.41. The van der Waals surface area contributed by atoms with Crippen LogP contribution in [0, 0.1) is 0 Å². The van der Waals surface area contributed by atoms with Gasteiger partial charge in [-0.1, -0.05) is 11.5 Å². The second-order valence-electron chi connectivity index (χ2n) is 3.75. The number of amides is 1. The molecular formula is C10H22N6O2. The van der Waals surface area contributed by atoms with Crippen LogP contribution in [-0.2, 0) is 9.53 Å². The lowest BCUT2D eigenvalue weighted by Gasteiger charge is -2.11. The third-order valence-corrected chi connectivity index (χ3v) is 2.25. The predicted molar refractivity (Wildman–Crippen MR) is 68.7 cm³/mol. The number of unbranched alkanes of at least 4 members (excludes halogenated alkanes) is 1. The smallest absolute Gasteiger partial charge is 0.236 e. The van der Waals surface area contributed by atoms with Gasteiger partial charge in [0.15, 0.2) is 0 Å². The highest BCUT2D eigenvalue weighted by Crippen LogP contribution is 1.97. The molecule has 0 aliphatic rings. The molecule has 18 heavy (non-hydrogen) atoms. The number of nitrogens with two attached hydrogens (primary N) is 2. The lowest BCUT2D eigenvalue weighted by atomic mass is 10.1. The molecule has 1 amide bonds. The summed E-state index contributed by atoms with van der Waals surface area (Å²) >= 11 is 0. The molecule has 0 saturated carbocycles. The molecule has 0 saturated heterocycles. The Kier molecular flexibility index (Phi) is 11.2. The minimum absolute atomic E-state index is 0.175. The highest BCUT2D eigenvalue weighted by atomic mass is 16.5. The molecule has 0 radical (unpaired) electrons. The molecule has 0 heterocycles. The molecule has 0 aliphatic heterocycles. The molecule has 0 aliphatic carbocycles. The maximum atomic E-state index is 11.5. The number of azide groups is 1. The quantitative estimate of drug-likeness (QED) is 0.206. The van der Waals surface area contributed by atoms with Crippen LogP contribution < -0.4 is 16.8 Å². The van der Waals surface area contributed by atoms with E-state index in [0.717, 1.165) is 12.8 Å². The number of hydrogen-bond acceptors (Lipinski definition) is 5. The van der Waals surface area contributed by atoms with Crippen LogP contribution in [0.25, 0.3) is 10.4 Å². The summed E-state index contributed by atoms with van der Waals surface area (Å²) in [5, 5.41) is 5.99. The number of nitrogens with one attached hydrogen (secondary N) is 1. The van der Waals surface area contributed by atoms with Crippen molar-refractivity contribution >= 4 is 5.91 Å². The molecule has 8 nitrogen and oxygen atoms in total. The first kappa shape index (κ1) is 16.7. The molecule has 0 aromatic carbocycles. The minimum Gasteiger partial charge on any atom is -0.379 e. The molecule has 0 bridgehead atoms. The molecule has 0 rings (SSSR count). The van der Waals surface area contributed by atoms with Crippen molar-refractivity contribution in [1.82, 2.24) is 5.32 Å². The van der Waals surface area contributed by atoms with Gasteiger partial charge in [-0.25, -0.2) is 0 Å².